The number of rotatable bonds is 4. The molecule has 0 bridgehead atoms. The molecule has 0 spiro atoms. The van der Waals surface area contributed by atoms with Crippen molar-refractivity contribution in [1.29, 1.82) is 0 Å². The maximum Gasteiger partial charge on any atom is 0.276 e. The van der Waals surface area contributed by atoms with Crippen molar-refractivity contribution in [2.24, 2.45) is 0 Å². The summed E-state index contributed by atoms with van der Waals surface area (Å²) in [4.78, 5) is 10.6. The number of carbonyl (C=O) groups is 1. The second-order valence-corrected chi connectivity index (χ2v) is 3.43. The molecule has 0 fully saturated rings. The van der Waals surface area contributed by atoms with Crippen LogP contribution in [0.25, 0.3) is 0 Å². The predicted octanol–water partition coefficient (Wildman–Crippen LogP) is 1.45. The molecule has 0 N–H and O–H groups in total. The molecule has 1 rings (SSSR count). The van der Waals surface area contributed by atoms with Crippen LogP contribution in [0.3, 0.4) is 0 Å². The first-order chi connectivity index (χ1) is 5.68. The third-order valence-corrected chi connectivity index (χ3v) is 2.01. The smallest absolute Gasteiger partial charge is 0.276 e. The van der Waals surface area contributed by atoms with Crippen LogP contribution in [0.2, 0.25) is 0 Å². The highest BCUT2D eigenvalue weighted by Gasteiger charge is 2.02. The molecule has 66 valence electrons. The fourth-order valence-electron chi connectivity index (χ4n) is 0.619. The molecule has 0 aliphatic rings. The van der Waals surface area contributed by atoms with Crippen molar-refractivity contribution in [3.05, 3.63) is 5.89 Å². The number of aryl methyl sites for hydroxylation is 1. The van der Waals surface area contributed by atoms with E-state index in [2.05, 4.69) is 10.2 Å². The van der Waals surface area contributed by atoms with Crippen LogP contribution < -0.4 is 0 Å². The highest BCUT2D eigenvalue weighted by Crippen LogP contribution is 2.16. The van der Waals surface area contributed by atoms with Gasteiger partial charge in [-0.25, -0.2) is 0 Å². The van der Waals surface area contributed by atoms with Crippen LogP contribution in [-0.4, -0.2) is 21.7 Å². The minimum atomic E-state index is 0.179. The van der Waals surface area contributed by atoms with E-state index in [0.717, 1.165) is 0 Å². The Balaban J connectivity index is 2.29. The minimum Gasteiger partial charge on any atom is -0.416 e. The normalized spacial score (nSPS) is 10.2. The van der Waals surface area contributed by atoms with Gasteiger partial charge in [0.1, 0.15) is 5.78 Å². The summed E-state index contributed by atoms with van der Waals surface area (Å²) in [7, 11) is 0. The van der Waals surface area contributed by atoms with Crippen molar-refractivity contribution in [2.75, 3.05) is 5.75 Å². The van der Waals surface area contributed by atoms with E-state index in [1.807, 2.05) is 0 Å². The van der Waals surface area contributed by atoms with Gasteiger partial charge in [0.15, 0.2) is 0 Å². The summed E-state index contributed by atoms with van der Waals surface area (Å²) in [5, 5.41) is 7.98. The largest absolute Gasteiger partial charge is 0.416 e. The molecule has 12 heavy (non-hydrogen) atoms. The Hall–Kier alpha value is -0.840. The third kappa shape index (κ3) is 3.04. The van der Waals surface area contributed by atoms with Gasteiger partial charge in [0.2, 0.25) is 5.89 Å². The van der Waals surface area contributed by atoms with Crippen LogP contribution in [-0.2, 0) is 4.79 Å². The number of hydrogen-bond acceptors (Lipinski definition) is 5. The summed E-state index contributed by atoms with van der Waals surface area (Å²) in [6.07, 6.45) is 0.548. The molecule has 0 aromatic carbocycles. The van der Waals surface area contributed by atoms with Gasteiger partial charge < -0.3 is 4.42 Å². The Bertz CT molecular complexity index is 272. The topological polar surface area (TPSA) is 56.0 Å². The summed E-state index contributed by atoms with van der Waals surface area (Å²) in [5.41, 5.74) is 0. The zero-order chi connectivity index (χ0) is 8.97. The molecule has 0 aliphatic heterocycles. The van der Waals surface area contributed by atoms with E-state index >= 15 is 0 Å². The zero-order valence-corrected chi connectivity index (χ0v) is 7.85. The van der Waals surface area contributed by atoms with Gasteiger partial charge in [0.05, 0.1) is 0 Å². The molecular weight excluding hydrogens is 176 g/mol. The summed E-state index contributed by atoms with van der Waals surface area (Å²) >= 11 is 1.41. The quantitative estimate of drug-likeness (QED) is 0.666. The average Bonchev–Trinajstić information content (AvgIpc) is 2.35. The monoisotopic (exact) mass is 186 g/mol. The molecule has 0 unspecified atom stereocenters. The lowest BCUT2D eigenvalue weighted by atomic mass is 10.4. The molecule has 1 aromatic rings. The molecule has 0 amide bonds. The van der Waals surface area contributed by atoms with Gasteiger partial charge in [-0.2, -0.15) is 0 Å². The van der Waals surface area contributed by atoms with Gasteiger partial charge in [-0.1, -0.05) is 11.8 Å². The van der Waals surface area contributed by atoms with Crippen molar-refractivity contribution in [3.63, 3.8) is 0 Å². The third-order valence-electron chi connectivity index (χ3n) is 1.19. The van der Waals surface area contributed by atoms with Crippen LogP contribution in [0.1, 0.15) is 19.2 Å². The standard InChI is InChI=1S/C7H10N2O2S/c1-5(10)3-4-12-7-9-8-6(2)11-7/h3-4H2,1-2H3. The van der Waals surface area contributed by atoms with Gasteiger partial charge >= 0.3 is 0 Å². The minimum absolute atomic E-state index is 0.179. The first kappa shape index (κ1) is 9.25. The average molecular weight is 186 g/mol. The van der Waals surface area contributed by atoms with Crippen molar-refractivity contribution >= 4 is 17.5 Å². The molecule has 4 nitrogen and oxygen atoms in total. The Labute approximate surface area is 74.7 Å². The van der Waals surface area contributed by atoms with Crippen LogP contribution in [0.15, 0.2) is 9.64 Å². The van der Waals surface area contributed by atoms with Gasteiger partial charge in [-0.3, -0.25) is 4.79 Å². The first-order valence-electron chi connectivity index (χ1n) is 3.61. The van der Waals surface area contributed by atoms with Gasteiger partial charge in [0, 0.05) is 19.1 Å². The van der Waals surface area contributed by atoms with E-state index in [4.69, 9.17) is 4.42 Å². The number of Topliss-reactive ketones (excluding diaryl/α,β-unsaturated/α-hetero) is 1. The molecule has 0 aliphatic carbocycles. The molecule has 1 heterocycles. The summed E-state index contributed by atoms with van der Waals surface area (Å²) in [6, 6.07) is 0. The number of carbonyl (C=O) groups excluding carboxylic acids is 1. The maximum absolute atomic E-state index is 10.6. The highest BCUT2D eigenvalue weighted by molar-refractivity contribution is 7.99. The van der Waals surface area contributed by atoms with Crippen molar-refractivity contribution < 1.29 is 9.21 Å². The van der Waals surface area contributed by atoms with Crippen LogP contribution in [0.5, 0.6) is 0 Å². The number of hydrogen-bond donors (Lipinski definition) is 0. The van der Waals surface area contributed by atoms with E-state index in [1.54, 1.807) is 13.8 Å². The highest BCUT2D eigenvalue weighted by atomic mass is 32.2. The van der Waals surface area contributed by atoms with Gasteiger partial charge in [-0.15, -0.1) is 10.2 Å². The predicted molar refractivity (Wildman–Crippen MR) is 45.1 cm³/mol. The summed E-state index contributed by atoms with van der Waals surface area (Å²) in [5.74, 6) is 1.44. The van der Waals surface area contributed by atoms with Crippen molar-refractivity contribution in [3.8, 4) is 0 Å². The van der Waals surface area contributed by atoms with E-state index in [9.17, 15) is 4.79 Å². The fraction of sp³-hybridized carbons (Fsp3) is 0.571. The van der Waals surface area contributed by atoms with Gasteiger partial charge in [-0.05, 0) is 6.92 Å². The molecule has 0 saturated heterocycles. The van der Waals surface area contributed by atoms with Crippen LogP contribution in [0, 0.1) is 6.92 Å². The number of nitrogens with zero attached hydrogens (tertiary/aromatic N) is 2. The summed E-state index contributed by atoms with van der Waals surface area (Å²) < 4.78 is 5.09. The van der Waals surface area contributed by atoms with Crippen molar-refractivity contribution in [1.82, 2.24) is 10.2 Å². The lowest BCUT2D eigenvalue weighted by Gasteiger charge is -1.91. The number of thioether (sulfide) groups is 1. The lowest BCUT2D eigenvalue weighted by molar-refractivity contribution is -0.116. The van der Waals surface area contributed by atoms with Gasteiger partial charge in [0.25, 0.3) is 5.22 Å². The molecule has 0 radical (unpaired) electrons. The van der Waals surface area contributed by atoms with E-state index in [0.29, 0.717) is 23.3 Å². The first-order valence-corrected chi connectivity index (χ1v) is 4.59. The van der Waals surface area contributed by atoms with E-state index < -0.39 is 0 Å². The summed E-state index contributed by atoms with van der Waals surface area (Å²) in [6.45, 7) is 3.31. The Morgan fingerprint density at radius 1 is 1.58 bits per heavy atom. The van der Waals surface area contributed by atoms with Crippen molar-refractivity contribution in [2.45, 2.75) is 25.5 Å². The van der Waals surface area contributed by atoms with E-state index in [-0.39, 0.29) is 5.78 Å². The van der Waals surface area contributed by atoms with E-state index in [1.165, 1.54) is 11.8 Å². The second-order valence-electron chi connectivity index (χ2n) is 2.39. The molecule has 5 heteroatoms. The Morgan fingerprint density at radius 2 is 2.33 bits per heavy atom. The second kappa shape index (κ2) is 4.25. The SMILES string of the molecule is CC(=O)CCSc1nnc(C)o1. The Morgan fingerprint density at radius 3 is 2.83 bits per heavy atom. The molecule has 1 aromatic heterocycles. The molecule has 0 atom stereocenters. The Kier molecular flexibility index (Phi) is 3.28. The fourth-order valence-corrected chi connectivity index (χ4v) is 1.46. The molecular formula is C7H10N2O2S. The van der Waals surface area contributed by atoms with Crippen LogP contribution in [0.4, 0.5) is 0 Å². The molecule has 0 saturated carbocycles. The number of aromatic nitrogens is 2. The lowest BCUT2D eigenvalue weighted by Crippen LogP contribution is -1.91. The maximum atomic E-state index is 10.6. The zero-order valence-electron chi connectivity index (χ0n) is 7.03. The van der Waals surface area contributed by atoms with Crippen LogP contribution >= 0.6 is 11.8 Å². The number of ketones is 1.